The number of benzene rings is 3. The lowest BCUT2D eigenvalue weighted by Crippen LogP contribution is -2.36. The Kier molecular flexibility index (Phi) is 4.98. The van der Waals surface area contributed by atoms with Gasteiger partial charge in [0.05, 0.1) is 11.1 Å². The molecule has 0 amide bonds. The molecule has 5 nitrogen and oxygen atoms in total. The molecule has 2 N–H and O–H groups in total. The first kappa shape index (κ1) is 21.0. The van der Waals surface area contributed by atoms with E-state index in [0.29, 0.717) is 12.1 Å². The van der Waals surface area contributed by atoms with Gasteiger partial charge in [-0.1, -0.05) is 30.3 Å². The summed E-state index contributed by atoms with van der Waals surface area (Å²) in [6.07, 6.45) is 5.45. The van der Waals surface area contributed by atoms with Crippen LogP contribution in [0.25, 0.3) is 33.2 Å². The van der Waals surface area contributed by atoms with Crippen molar-refractivity contribution in [3.05, 3.63) is 77.7 Å². The lowest BCUT2D eigenvalue weighted by Gasteiger charge is -2.23. The second kappa shape index (κ2) is 8.05. The fourth-order valence-corrected chi connectivity index (χ4v) is 5.87. The molecule has 170 valence electrons. The fourth-order valence-electron chi connectivity index (χ4n) is 5.87. The molecule has 3 heterocycles. The molecule has 0 saturated carbocycles. The number of aryl methyl sites for hydroxylation is 1. The molecule has 3 atom stereocenters. The molecule has 0 aliphatic carbocycles. The van der Waals surface area contributed by atoms with Crippen LogP contribution in [0.15, 0.2) is 60.8 Å². The molecule has 6 rings (SSSR count). The van der Waals surface area contributed by atoms with Gasteiger partial charge in [-0.05, 0) is 71.3 Å². The summed E-state index contributed by atoms with van der Waals surface area (Å²) in [7, 11) is 1.91. The van der Waals surface area contributed by atoms with Crippen LogP contribution in [0, 0.1) is 17.1 Å². The average molecular weight is 452 g/mol. The molecule has 0 spiro atoms. The van der Waals surface area contributed by atoms with E-state index in [4.69, 9.17) is 5.73 Å². The third-order valence-electron chi connectivity index (χ3n) is 7.51. The minimum Gasteiger partial charge on any atom is -0.326 e. The molecule has 2 fully saturated rings. The number of hydrogen-bond acceptors (Lipinski definition) is 4. The van der Waals surface area contributed by atoms with Gasteiger partial charge in [-0.25, -0.2) is 4.39 Å². The maximum atomic E-state index is 14.6. The normalized spacial score (nSPS) is 21.9. The van der Waals surface area contributed by atoms with Crippen molar-refractivity contribution in [2.45, 2.75) is 43.9 Å². The molecule has 0 radical (unpaired) electrons. The van der Waals surface area contributed by atoms with Crippen molar-refractivity contribution < 1.29 is 4.39 Å². The molecule has 6 heteroatoms. The first-order chi connectivity index (χ1) is 16.5. The second-order valence-electron chi connectivity index (χ2n) is 9.63. The zero-order chi connectivity index (χ0) is 23.4. The van der Waals surface area contributed by atoms with Crippen LogP contribution in [0.4, 0.5) is 4.39 Å². The van der Waals surface area contributed by atoms with E-state index in [9.17, 15) is 9.65 Å². The first-order valence-corrected chi connectivity index (χ1v) is 11.8. The van der Waals surface area contributed by atoms with E-state index in [1.54, 1.807) is 6.07 Å². The molecule has 2 aliphatic rings. The monoisotopic (exact) mass is 451 g/mol. The van der Waals surface area contributed by atoms with Gasteiger partial charge in [0.15, 0.2) is 0 Å². The number of nitrogens with two attached hydrogens (primary N) is 1. The number of fused-ring (bicyclic) bond motifs is 3. The van der Waals surface area contributed by atoms with Crippen LogP contribution < -0.4 is 5.73 Å². The highest BCUT2D eigenvalue weighted by molar-refractivity contribution is 5.89. The van der Waals surface area contributed by atoms with Crippen LogP contribution in [0.5, 0.6) is 0 Å². The van der Waals surface area contributed by atoms with E-state index >= 15 is 0 Å². The van der Waals surface area contributed by atoms with Gasteiger partial charge >= 0.3 is 0 Å². The molecule has 3 aromatic carbocycles. The standard InChI is InChI=1S/C28H26FN5/c1-33-16-21-6-4-19(12-27(21)32-33)23-8-2-17(15-34-22-7-9-28(34)26(31)13-22)10-24(23)18-3-5-20(14-30)25(29)11-18/h2-6,8,10-12,16,22,26,28H,7,9,13,15,31H2,1H3/t22-,26+,28+/m1/s1. The average Bonchev–Trinajstić information content (AvgIpc) is 3.49. The van der Waals surface area contributed by atoms with Crippen LogP contribution >= 0.6 is 0 Å². The molecule has 2 bridgehead atoms. The van der Waals surface area contributed by atoms with Crippen molar-refractivity contribution in [1.82, 2.24) is 14.7 Å². The summed E-state index contributed by atoms with van der Waals surface area (Å²) in [4.78, 5) is 2.54. The van der Waals surface area contributed by atoms with E-state index in [2.05, 4.69) is 46.4 Å². The maximum Gasteiger partial charge on any atom is 0.141 e. The molecular formula is C28H26FN5. The molecule has 2 saturated heterocycles. The fraction of sp³-hybridized carbons (Fsp3) is 0.286. The Balaban J connectivity index is 1.45. The number of nitriles is 1. The predicted molar refractivity (Wildman–Crippen MR) is 131 cm³/mol. The summed E-state index contributed by atoms with van der Waals surface area (Å²) < 4.78 is 16.4. The number of rotatable bonds is 4. The van der Waals surface area contributed by atoms with Gasteiger partial charge < -0.3 is 5.73 Å². The van der Waals surface area contributed by atoms with Gasteiger partial charge in [-0.15, -0.1) is 0 Å². The van der Waals surface area contributed by atoms with Gasteiger partial charge in [-0.3, -0.25) is 9.58 Å². The summed E-state index contributed by atoms with van der Waals surface area (Å²) in [5, 5.41) is 14.8. The van der Waals surface area contributed by atoms with Gasteiger partial charge in [0.25, 0.3) is 0 Å². The third kappa shape index (κ3) is 3.49. The van der Waals surface area contributed by atoms with Crippen LogP contribution in [0.3, 0.4) is 0 Å². The van der Waals surface area contributed by atoms with Crippen molar-refractivity contribution in [2.75, 3.05) is 0 Å². The summed E-state index contributed by atoms with van der Waals surface area (Å²) in [5.74, 6) is -0.500. The first-order valence-electron chi connectivity index (χ1n) is 11.8. The van der Waals surface area contributed by atoms with E-state index in [1.165, 1.54) is 24.5 Å². The Bertz CT molecular complexity index is 1450. The number of halogens is 1. The van der Waals surface area contributed by atoms with Gasteiger partial charge in [0.2, 0.25) is 0 Å². The predicted octanol–water partition coefficient (Wildman–Crippen LogP) is 4.98. The van der Waals surface area contributed by atoms with Gasteiger partial charge in [0, 0.05) is 43.3 Å². The lowest BCUT2D eigenvalue weighted by atomic mass is 9.91. The minimum atomic E-state index is -0.500. The highest BCUT2D eigenvalue weighted by atomic mass is 19.1. The molecule has 4 aromatic rings. The Morgan fingerprint density at radius 2 is 1.88 bits per heavy atom. The van der Waals surface area contributed by atoms with Crippen molar-refractivity contribution in [2.24, 2.45) is 12.8 Å². The largest absolute Gasteiger partial charge is 0.326 e. The number of aromatic nitrogens is 2. The number of hydrogen-bond donors (Lipinski definition) is 1. The van der Waals surface area contributed by atoms with E-state index in [0.717, 1.165) is 46.1 Å². The Morgan fingerprint density at radius 3 is 2.62 bits per heavy atom. The molecule has 2 aliphatic heterocycles. The molecule has 1 aromatic heterocycles. The zero-order valence-corrected chi connectivity index (χ0v) is 19.1. The van der Waals surface area contributed by atoms with Crippen molar-refractivity contribution in [3.8, 4) is 28.3 Å². The Hall–Kier alpha value is -3.53. The highest BCUT2D eigenvalue weighted by Gasteiger charge is 2.44. The third-order valence-corrected chi connectivity index (χ3v) is 7.51. The zero-order valence-electron chi connectivity index (χ0n) is 19.1. The lowest BCUT2D eigenvalue weighted by molar-refractivity contribution is 0.239. The van der Waals surface area contributed by atoms with Crippen LogP contribution in [-0.4, -0.2) is 32.8 Å². The Morgan fingerprint density at radius 1 is 1.06 bits per heavy atom. The van der Waals surface area contributed by atoms with E-state index < -0.39 is 5.82 Å². The van der Waals surface area contributed by atoms with Crippen LogP contribution in [0.2, 0.25) is 0 Å². The Labute approximate surface area is 198 Å². The quantitative estimate of drug-likeness (QED) is 0.475. The van der Waals surface area contributed by atoms with Gasteiger partial charge in [0.1, 0.15) is 11.9 Å². The maximum absolute atomic E-state index is 14.6. The molecule has 34 heavy (non-hydrogen) atoms. The van der Waals surface area contributed by atoms with E-state index in [1.807, 2.05) is 30.1 Å². The van der Waals surface area contributed by atoms with Crippen LogP contribution in [-0.2, 0) is 13.6 Å². The minimum absolute atomic E-state index is 0.0546. The van der Waals surface area contributed by atoms with Crippen molar-refractivity contribution >= 4 is 10.9 Å². The van der Waals surface area contributed by atoms with E-state index in [-0.39, 0.29) is 11.6 Å². The highest BCUT2D eigenvalue weighted by Crippen LogP contribution is 2.40. The van der Waals surface area contributed by atoms with Gasteiger partial charge in [-0.2, -0.15) is 10.4 Å². The SMILES string of the molecule is Cn1cc2ccc(-c3ccc(CN4[C@@H]5CC[C@H]4[C@@H](N)C5)cc3-c3ccc(C#N)c(F)c3)cc2n1. The topological polar surface area (TPSA) is 70.9 Å². The molecule has 0 unspecified atom stereocenters. The molecular weight excluding hydrogens is 425 g/mol. The van der Waals surface area contributed by atoms with Crippen molar-refractivity contribution in [3.63, 3.8) is 0 Å². The van der Waals surface area contributed by atoms with Crippen LogP contribution in [0.1, 0.15) is 30.4 Å². The summed E-state index contributed by atoms with van der Waals surface area (Å²) in [6.45, 7) is 0.842. The summed E-state index contributed by atoms with van der Waals surface area (Å²) in [6, 6.07) is 20.7. The number of nitrogens with zero attached hydrogens (tertiary/aromatic N) is 4. The summed E-state index contributed by atoms with van der Waals surface area (Å²) in [5.41, 5.74) is 12.3. The summed E-state index contributed by atoms with van der Waals surface area (Å²) >= 11 is 0. The van der Waals surface area contributed by atoms with Crippen molar-refractivity contribution in [1.29, 1.82) is 5.26 Å². The second-order valence-corrected chi connectivity index (χ2v) is 9.63. The smallest absolute Gasteiger partial charge is 0.141 e.